The number of alkyl carbamates (subject to hydrolysis) is 1. The molecule has 16 heteroatoms. The molecule has 3 rings (SSSR count). The van der Waals surface area contributed by atoms with E-state index >= 15 is 0 Å². The molecule has 4 atom stereocenters. The van der Waals surface area contributed by atoms with E-state index in [2.05, 4.69) is 16.0 Å². The average Bonchev–Trinajstić information content (AvgIpc) is 3.04. The van der Waals surface area contributed by atoms with Gasteiger partial charge in [-0.3, -0.25) is 19.3 Å². The van der Waals surface area contributed by atoms with Crippen molar-refractivity contribution in [3.63, 3.8) is 0 Å². The van der Waals surface area contributed by atoms with Gasteiger partial charge in [0.2, 0.25) is 11.8 Å². The minimum Gasteiger partial charge on any atom is -0.497 e. The minimum atomic E-state index is -1.04. The van der Waals surface area contributed by atoms with Crippen LogP contribution in [0.1, 0.15) is 79.7 Å². The summed E-state index contributed by atoms with van der Waals surface area (Å²) in [5.41, 5.74) is -0.241. The Balaban J connectivity index is 1.72. The van der Waals surface area contributed by atoms with Crippen LogP contribution in [0.5, 0.6) is 5.75 Å². The number of nitrogens with one attached hydrogen (secondary N) is 3. The van der Waals surface area contributed by atoms with Gasteiger partial charge >= 0.3 is 18.0 Å². The molecule has 282 valence electrons. The fourth-order valence-corrected chi connectivity index (χ4v) is 6.63. The number of amides is 4. The molecule has 2 aliphatic heterocycles. The molecule has 15 nitrogen and oxygen atoms in total. The van der Waals surface area contributed by atoms with Crippen molar-refractivity contribution in [2.75, 3.05) is 19.5 Å². The van der Waals surface area contributed by atoms with Gasteiger partial charge in [-0.05, 0) is 84.1 Å². The molecule has 1 fully saturated rings. The molecule has 51 heavy (non-hydrogen) atoms. The first-order chi connectivity index (χ1) is 23.8. The second kappa shape index (κ2) is 17.8. The monoisotopic (exact) mass is 734 g/mol. The molecule has 0 bridgehead atoms. The van der Waals surface area contributed by atoms with E-state index < -0.39 is 77.1 Å². The van der Waals surface area contributed by atoms with Gasteiger partial charge in [-0.25, -0.2) is 14.4 Å². The van der Waals surface area contributed by atoms with Crippen LogP contribution in [0.3, 0.4) is 0 Å². The highest BCUT2D eigenvalue weighted by molar-refractivity contribution is 8.00. The highest BCUT2D eigenvalue weighted by atomic mass is 32.2. The fourth-order valence-electron chi connectivity index (χ4n) is 5.24. The number of nitrogens with zero attached hydrogens (tertiary/aromatic N) is 1. The molecule has 0 aliphatic carbocycles. The molecule has 2 heterocycles. The van der Waals surface area contributed by atoms with Gasteiger partial charge in [-0.1, -0.05) is 12.1 Å². The number of benzene rings is 1. The maximum absolute atomic E-state index is 13.6. The maximum atomic E-state index is 13.6. The summed E-state index contributed by atoms with van der Waals surface area (Å²) in [7, 11) is 1.54. The standard InChI is InChI=1S/C35H50N4O11S/c1-20(41)36-25(31(44)49-34(2,3)4)15-16-26(42)37-23(17-40)12-11-22-19-51-30-27(38-33(46)50-35(5,6)7)29(43)39(30)28(22)32(45)48-18-21-9-13-24(47-8)14-10-21/h9-10,13-14,23,25,27,30,40H,11-12,15-19H2,1-8H3,(H,36,41)(H,37,42)(H,38,46)/t23-,25+,27+,30+/m0/s1. The Kier molecular flexibility index (Phi) is 14.3. The van der Waals surface area contributed by atoms with Crippen molar-refractivity contribution in [1.29, 1.82) is 0 Å². The zero-order valence-electron chi connectivity index (χ0n) is 30.5. The molecule has 1 aromatic rings. The largest absolute Gasteiger partial charge is 0.497 e. The van der Waals surface area contributed by atoms with Gasteiger partial charge in [-0.15, -0.1) is 11.8 Å². The number of aliphatic hydroxyl groups excluding tert-OH is 1. The lowest BCUT2D eigenvalue weighted by molar-refractivity contribution is -0.158. The SMILES string of the molecule is COc1ccc(COC(=O)C2=C(CC[C@@H](CO)NC(=O)CC[C@@H](NC(C)=O)C(=O)OC(C)(C)C)CS[C@@H]3[C@H](NC(=O)OC(C)(C)C)C(=O)N23)cc1. The minimum absolute atomic E-state index is 0.0264. The Labute approximate surface area is 302 Å². The molecule has 0 aromatic heterocycles. The van der Waals surface area contributed by atoms with Crippen LogP contribution in [0.4, 0.5) is 4.79 Å². The van der Waals surface area contributed by atoms with Gasteiger partial charge < -0.3 is 40.0 Å². The summed E-state index contributed by atoms with van der Waals surface area (Å²) in [4.78, 5) is 77.9. The van der Waals surface area contributed by atoms with Gasteiger partial charge in [0, 0.05) is 19.1 Å². The number of methoxy groups -OCH3 is 1. The average molecular weight is 735 g/mol. The zero-order valence-corrected chi connectivity index (χ0v) is 31.3. The number of β-lactam (4-membered cyclic amide) rings is 1. The predicted molar refractivity (Wildman–Crippen MR) is 187 cm³/mol. The van der Waals surface area contributed by atoms with E-state index in [1.807, 2.05) is 0 Å². The summed E-state index contributed by atoms with van der Waals surface area (Å²) in [5, 5.41) is 17.4. The quantitative estimate of drug-likeness (QED) is 0.117. The molecule has 0 unspecified atom stereocenters. The summed E-state index contributed by atoms with van der Waals surface area (Å²) < 4.78 is 21.5. The summed E-state index contributed by atoms with van der Waals surface area (Å²) >= 11 is 1.36. The van der Waals surface area contributed by atoms with E-state index in [0.29, 0.717) is 22.6 Å². The Morgan fingerprint density at radius 3 is 2.20 bits per heavy atom. The van der Waals surface area contributed by atoms with Gasteiger partial charge in [-0.2, -0.15) is 0 Å². The van der Waals surface area contributed by atoms with Crippen molar-refractivity contribution in [2.45, 2.75) is 115 Å². The molecular weight excluding hydrogens is 684 g/mol. The van der Waals surface area contributed by atoms with Gasteiger partial charge in [0.15, 0.2) is 0 Å². The van der Waals surface area contributed by atoms with Crippen LogP contribution in [-0.2, 0) is 44.8 Å². The maximum Gasteiger partial charge on any atom is 0.408 e. The summed E-state index contributed by atoms with van der Waals surface area (Å²) in [5.74, 6) is -1.87. The van der Waals surface area contributed by atoms with E-state index in [0.717, 1.165) is 0 Å². The van der Waals surface area contributed by atoms with Crippen molar-refractivity contribution in [2.24, 2.45) is 0 Å². The normalized spacial score (nSPS) is 18.4. The summed E-state index contributed by atoms with van der Waals surface area (Å²) in [6.07, 6.45) is -0.491. The van der Waals surface area contributed by atoms with E-state index in [1.165, 1.54) is 23.6 Å². The molecule has 1 saturated heterocycles. The molecule has 0 saturated carbocycles. The van der Waals surface area contributed by atoms with E-state index in [4.69, 9.17) is 18.9 Å². The predicted octanol–water partition coefficient (Wildman–Crippen LogP) is 2.68. The zero-order chi connectivity index (χ0) is 38.1. The Morgan fingerprint density at radius 1 is 0.980 bits per heavy atom. The lowest BCUT2D eigenvalue weighted by Gasteiger charge is -2.49. The smallest absolute Gasteiger partial charge is 0.408 e. The van der Waals surface area contributed by atoms with Crippen molar-refractivity contribution in [3.8, 4) is 5.75 Å². The number of carbonyl (C=O) groups excluding carboxylic acids is 6. The number of fused-ring (bicyclic) bond motifs is 1. The highest BCUT2D eigenvalue weighted by Gasteiger charge is 2.54. The second-order valence-corrected chi connectivity index (χ2v) is 15.3. The lowest BCUT2D eigenvalue weighted by Crippen LogP contribution is -2.70. The molecular formula is C35H50N4O11S. The Hall–Kier alpha value is -4.31. The van der Waals surface area contributed by atoms with Crippen molar-refractivity contribution in [3.05, 3.63) is 41.1 Å². The van der Waals surface area contributed by atoms with Gasteiger partial charge in [0.05, 0.1) is 19.8 Å². The third kappa shape index (κ3) is 12.5. The van der Waals surface area contributed by atoms with Crippen molar-refractivity contribution >= 4 is 47.5 Å². The van der Waals surface area contributed by atoms with Crippen LogP contribution in [-0.4, -0.2) is 99.9 Å². The molecule has 4 amide bonds. The number of aliphatic hydroxyl groups is 1. The first-order valence-corrected chi connectivity index (χ1v) is 17.7. The van der Waals surface area contributed by atoms with Crippen LogP contribution in [0.25, 0.3) is 0 Å². The van der Waals surface area contributed by atoms with E-state index in [1.54, 1.807) is 72.9 Å². The fraction of sp³-hybridized carbons (Fsp3) is 0.600. The number of thioether (sulfide) groups is 1. The van der Waals surface area contributed by atoms with Crippen molar-refractivity contribution in [1.82, 2.24) is 20.9 Å². The van der Waals surface area contributed by atoms with Crippen LogP contribution >= 0.6 is 11.8 Å². The first-order valence-electron chi connectivity index (χ1n) is 16.7. The second-order valence-electron chi connectivity index (χ2n) is 14.2. The molecule has 0 spiro atoms. The molecule has 2 aliphatic rings. The number of hydrogen-bond donors (Lipinski definition) is 4. The lowest BCUT2D eigenvalue weighted by atomic mass is 9.99. The molecule has 1 aromatic carbocycles. The van der Waals surface area contributed by atoms with E-state index in [-0.39, 0.29) is 38.0 Å². The number of ether oxygens (including phenoxy) is 4. The highest BCUT2D eigenvalue weighted by Crippen LogP contribution is 2.42. The Bertz CT molecular complexity index is 1480. The topological polar surface area (TPSA) is 199 Å². The molecule has 4 N–H and O–H groups in total. The third-order valence-electron chi connectivity index (χ3n) is 7.55. The number of esters is 2. The van der Waals surface area contributed by atoms with Crippen LogP contribution in [0, 0.1) is 0 Å². The number of carbonyl (C=O) groups is 6. The molecule has 0 radical (unpaired) electrons. The third-order valence-corrected chi connectivity index (χ3v) is 8.89. The first kappa shape index (κ1) is 41.1. The number of hydrogen-bond acceptors (Lipinski definition) is 12. The van der Waals surface area contributed by atoms with Gasteiger partial charge in [0.25, 0.3) is 5.91 Å². The number of rotatable bonds is 15. The van der Waals surface area contributed by atoms with E-state index in [9.17, 15) is 33.9 Å². The summed E-state index contributed by atoms with van der Waals surface area (Å²) in [6.45, 7) is 11.0. The van der Waals surface area contributed by atoms with Gasteiger partial charge in [0.1, 0.15) is 46.7 Å². The van der Waals surface area contributed by atoms with Crippen LogP contribution < -0.4 is 20.7 Å². The van der Waals surface area contributed by atoms with Crippen molar-refractivity contribution < 1.29 is 52.8 Å². The summed E-state index contributed by atoms with van der Waals surface area (Å²) in [6, 6.07) is 4.28. The van der Waals surface area contributed by atoms with Crippen LogP contribution in [0.15, 0.2) is 35.5 Å². The Morgan fingerprint density at radius 2 is 1.63 bits per heavy atom. The van der Waals surface area contributed by atoms with Crippen LogP contribution in [0.2, 0.25) is 0 Å².